The number of aromatic nitrogens is 1. The molecule has 0 radical (unpaired) electrons. The molecule has 3 nitrogen and oxygen atoms in total. The molecule has 2 rings (SSSR count). The third kappa shape index (κ3) is 3.23. The van der Waals surface area contributed by atoms with Crippen molar-refractivity contribution < 1.29 is 0 Å². The van der Waals surface area contributed by atoms with Gasteiger partial charge in [-0.15, -0.1) is 0 Å². The molecule has 0 saturated carbocycles. The Morgan fingerprint density at radius 2 is 1.81 bits per heavy atom. The molecule has 1 heterocycles. The number of nitrogens with zero attached hydrogens (tertiary/aromatic N) is 2. The predicted octanol–water partition coefficient (Wildman–Crippen LogP) is 4.11. The van der Waals surface area contributed by atoms with Gasteiger partial charge in [0, 0.05) is 49.9 Å². The molecule has 2 aromatic rings. The maximum Gasteiger partial charge on any atom is 0.0418 e. The van der Waals surface area contributed by atoms with Crippen molar-refractivity contribution in [1.29, 1.82) is 0 Å². The normalized spacial score (nSPS) is 10.8. The lowest BCUT2D eigenvalue weighted by molar-refractivity contribution is 0.715. The molecule has 0 saturated heterocycles. The van der Waals surface area contributed by atoms with Crippen LogP contribution in [0.4, 0.5) is 11.4 Å². The summed E-state index contributed by atoms with van der Waals surface area (Å²) in [5.41, 5.74) is 7.82. The van der Waals surface area contributed by atoms with Gasteiger partial charge in [0.15, 0.2) is 0 Å². The zero-order chi connectivity index (χ0) is 15.6. The van der Waals surface area contributed by atoms with E-state index in [1.807, 2.05) is 0 Å². The SMILES string of the molecule is CCn1c(C)cc(CNc2ccc(N(C)C)cc2C)c1C. The third-order valence-electron chi connectivity index (χ3n) is 4.19. The summed E-state index contributed by atoms with van der Waals surface area (Å²) in [4.78, 5) is 2.13. The van der Waals surface area contributed by atoms with Crippen molar-refractivity contribution in [2.75, 3.05) is 24.3 Å². The Morgan fingerprint density at radius 1 is 1.10 bits per heavy atom. The Kier molecular flexibility index (Phi) is 4.61. The minimum Gasteiger partial charge on any atom is -0.381 e. The van der Waals surface area contributed by atoms with Crippen molar-refractivity contribution in [3.05, 3.63) is 46.8 Å². The fraction of sp³-hybridized carbons (Fsp3) is 0.444. The van der Waals surface area contributed by atoms with E-state index in [1.165, 1.54) is 33.9 Å². The third-order valence-corrected chi connectivity index (χ3v) is 4.19. The van der Waals surface area contributed by atoms with Gasteiger partial charge in [0.05, 0.1) is 0 Å². The first-order valence-corrected chi connectivity index (χ1v) is 7.61. The maximum atomic E-state index is 3.57. The highest BCUT2D eigenvalue weighted by Crippen LogP contribution is 2.23. The lowest BCUT2D eigenvalue weighted by Crippen LogP contribution is -2.09. The summed E-state index contributed by atoms with van der Waals surface area (Å²) < 4.78 is 2.36. The molecular weight excluding hydrogens is 258 g/mol. The molecule has 0 amide bonds. The van der Waals surface area contributed by atoms with Crippen molar-refractivity contribution in [2.45, 2.75) is 40.8 Å². The second-order valence-electron chi connectivity index (χ2n) is 5.89. The topological polar surface area (TPSA) is 20.2 Å². The first kappa shape index (κ1) is 15.5. The van der Waals surface area contributed by atoms with Crippen LogP contribution in [0.5, 0.6) is 0 Å². The number of hydrogen-bond acceptors (Lipinski definition) is 2. The van der Waals surface area contributed by atoms with Gasteiger partial charge < -0.3 is 14.8 Å². The van der Waals surface area contributed by atoms with Crippen LogP contribution in [-0.4, -0.2) is 18.7 Å². The number of benzene rings is 1. The van der Waals surface area contributed by atoms with Crippen LogP contribution in [0.2, 0.25) is 0 Å². The molecule has 0 bridgehead atoms. The Bertz CT molecular complexity index is 624. The lowest BCUT2D eigenvalue weighted by atomic mass is 10.1. The Hall–Kier alpha value is -1.90. The molecule has 21 heavy (non-hydrogen) atoms. The van der Waals surface area contributed by atoms with Gasteiger partial charge in [-0.05, 0) is 63.1 Å². The molecule has 1 aromatic carbocycles. The number of nitrogens with one attached hydrogen (secondary N) is 1. The zero-order valence-electron chi connectivity index (χ0n) is 14.1. The van der Waals surface area contributed by atoms with Crippen LogP contribution >= 0.6 is 0 Å². The van der Waals surface area contributed by atoms with E-state index in [1.54, 1.807) is 0 Å². The van der Waals surface area contributed by atoms with Crippen molar-refractivity contribution in [3.63, 3.8) is 0 Å². The van der Waals surface area contributed by atoms with E-state index in [2.05, 4.69) is 80.8 Å². The quantitative estimate of drug-likeness (QED) is 0.892. The van der Waals surface area contributed by atoms with E-state index >= 15 is 0 Å². The van der Waals surface area contributed by atoms with E-state index in [0.717, 1.165) is 13.1 Å². The smallest absolute Gasteiger partial charge is 0.0418 e. The average Bonchev–Trinajstić information content (AvgIpc) is 2.71. The fourth-order valence-corrected chi connectivity index (χ4v) is 2.85. The van der Waals surface area contributed by atoms with Gasteiger partial charge in [0.2, 0.25) is 0 Å². The number of aryl methyl sites for hydroxylation is 2. The van der Waals surface area contributed by atoms with Gasteiger partial charge in [0.25, 0.3) is 0 Å². The van der Waals surface area contributed by atoms with Crippen LogP contribution in [0.25, 0.3) is 0 Å². The summed E-state index contributed by atoms with van der Waals surface area (Å²) in [5.74, 6) is 0. The van der Waals surface area contributed by atoms with Gasteiger partial charge in [-0.3, -0.25) is 0 Å². The highest BCUT2D eigenvalue weighted by molar-refractivity contribution is 5.60. The zero-order valence-corrected chi connectivity index (χ0v) is 14.1. The van der Waals surface area contributed by atoms with E-state index in [4.69, 9.17) is 0 Å². The molecule has 0 unspecified atom stereocenters. The van der Waals surface area contributed by atoms with Crippen molar-refractivity contribution in [2.24, 2.45) is 0 Å². The van der Waals surface area contributed by atoms with Crippen LogP contribution in [0, 0.1) is 20.8 Å². The van der Waals surface area contributed by atoms with Crippen LogP contribution in [0.1, 0.15) is 29.4 Å². The molecule has 1 aromatic heterocycles. The molecule has 0 fully saturated rings. The summed E-state index contributed by atoms with van der Waals surface area (Å²) in [6.07, 6.45) is 0. The molecular formula is C18H27N3. The number of hydrogen-bond donors (Lipinski definition) is 1. The number of rotatable bonds is 5. The molecule has 0 aliphatic heterocycles. The molecule has 3 heteroatoms. The average molecular weight is 285 g/mol. The Morgan fingerprint density at radius 3 is 2.33 bits per heavy atom. The van der Waals surface area contributed by atoms with Crippen LogP contribution in [0.15, 0.2) is 24.3 Å². The van der Waals surface area contributed by atoms with Gasteiger partial charge in [-0.25, -0.2) is 0 Å². The summed E-state index contributed by atoms with van der Waals surface area (Å²) in [6, 6.07) is 8.83. The monoisotopic (exact) mass is 285 g/mol. The minimum absolute atomic E-state index is 0.877. The lowest BCUT2D eigenvalue weighted by Gasteiger charge is -2.16. The summed E-state index contributed by atoms with van der Waals surface area (Å²) >= 11 is 0. The Labute approximate surface area is 128 Å². The summed E-state index contributed by atoms with van der Waals surface area (Å²) in [5, 5.41) is 3.57. The van der Waals surface area contributed by atoms with Gasteiger partial charge >= 0.3 is 0 Å². The van der Waals surface area contributed by atoms with E-state index in [9.17, 15) is 0 Å². The second kappa shape index (κ2) is 6.25. The fourth-order valence-electron chi connectivity index (χ4n) is 2.85. The molecule has 114 valence electrons. The van der Waals surface area contributed by atoms with Crippen molar-refractivity contribution >= 4 is 11.4 Å². The Balaban J connectivity index is 2.13. The highest BCUT2D eigenvalue weighted by atomic mass is 15.1. The van der Waals surface area contributed by atoms with E-state index in [-0.39, 0.29) is 0 Å². The number of anilines is 2. The molecule has 0 spiro atoms. The van der Waals surface area contributed by atoms with Crippen LogP contribution in [0.3, 0.4) is 0 Å². The first-order valence-electron chi connectivity index (χ1n) is 7.61. The van der Waals surface area contributed by atoms with E-state index in [0.29, 0.717) is 0 Å². The first-order chi connectivity index (χ1) is 9.93. The molecule has 0 aliphatic carbocycles. The summed E-state index contributed by atoms with van der Waals surface area (Å²) in [6.45, 7) is 10.6. The summed E-state index contributed by atoms with van der Waals surface area (Å²) in [7, 11) is 4.14. The standard InChI is InChI=1S/C18H27N3/c1-7-21-14(3)11-16(15(21)4)12-19-18-9-8-17(20(5)6)10-13(18)2/h8-11,19H,7,12H2,1-6H3. The predicted molar refractivity (Wildman–Crippen MR) is 92.4 cm³/mol. The second-order valence-corrected chi connectivity index (χ2v) is 5.89. The minimum atomic E-state index is 0.877. The van der Waals surface area contributed by atoms with Crippen LogP contribution in [-0.2, 0) is 13.1 Å². The van der Waals surface area contributed by atoms with Gasteiger partial charge in [-0.1, -0.05) is 0 Å². The van der Waals surface area contributed by atoms with Crippen LogP contribution < -0.4 is 10.2 Å². The van der Waals surface area contributed by atoms with Crippen molar-refractivity contribution in [3.8, 4) is 0 Å². The van der Waals surface area contributed by atoms with Gasteiger partial charge in [0.1, 0.15) is 0 Å². The van der Waals surface area contributed by atoms with E-state index < -0.39 is 0 Å². The maximum absolute atomic E-state index is 3.57. The largest absolute Gasteiger partial charge is 0.381 e. The molecule has 0 aliphatic rings. The van der Waals surface area contributed by atoms with Crippen molar-refractivity contribution in [1.82, 2.24) is 4.57 Å². The molecule has 1 N–H and O–H groups in total. The van der Waals surface area contributed by atoms with Gasteiger partial charge in [-0.2, -0.15) is 0 Å². The highest BCUT2D eigenvalue weighted by Gasteiger charge is 2.08. The molecule has 0 atom stereocenters.